The number of pyridine rings is 1. The van der Waals surface area contributed by atoms with E-state index in [1.54, 1.807) is 7.11 Å². The summed E-state index contributed by atoms with van der Waals surface area (Å²) in [4.78, 5) is 21.6. The van der Waals surface area contributed by atoms with Crippen molar-refractivity contribution in [2.24, 2.45) is 0 Å². The number of rotatable bonds is 6. The van der Waals surface area contributed by atoms with Gasteiger partial charge >= 0.3 is 7.12 Å². The van der Waals surface area contributed by atoms with Crippen LogP contribution in [0.4, 0.5) is 5.82 Å². The molecule has 1 aromatic heterocycles. The summed E-state index contributed by atoms with van der Waals surface area (Å²) >= 11 is 0. The summed E-state index contributed by atoms with van der Waals surface area (Å²) in [5.41, 5.74) is 1.47. The van der Waals surface area contributed by atoms with Crippen LogP contribution in [-0.2, 0) is 18.8 Å². The number of amides is 1. The first kappa shape index (κ1) is 24.0. The quantitative estimate of drug-likeness (QED) is 0.609. The van der Waals surface area contributed by atoms with Crippen LogP contribution in [0.2, 0.25) is 0 Å². The highest BCUT2D eigenvalue weighted by Gasteiger charge is 2.53. The zero-order chi connectivity index (χ0) is 24.0. The molecule has 1 atom stereocenters. The maximum Gasteiger partial charge on any atom is 0.496 e. The number of methoxy groups -OCH3 is 1. The number of anilines is 1. The van der Waals surface area contributed by atoms with E-state index in [2.05, 4.69) is 11.0 Å². The van der Waals surface area contributed by atoms with Crippen molar-refractivity contribution in [3.8, 4) is 6.07 Å². The van der Waals surface area contributed by atoms with E-state index in [1.807, 2.05) is 45.6 Å². The molecular weight excluding hydrogens is 419 g/mol. The Morgan fingerprint density at radius 3 is 2.48 bits per heavy atom. The minimum atomic E-state index is -0.534. The van der Waals surface area contributed by atoms with Gasteiger partial charge in [0, 0.05) is 49.9 Å². The molecule has 2 aliphatic heterocycles. The van der Waals surface area contributed by atoms with E-state index in [0.717, 1.165) is 24.0 Å². The molecule has 1 aromatic rings. The van der Waals surface area contributed by atoms with E-state index in [-0.39, 0.29) is 11.9 Å². The van der Waals surface area contributed by atoms with Crippen molar-refractivity contribution in [1.29, 1.82) is 5.26 Å². The lowest BCUT2D eigenvalue weighted by atomic mass is 9.76. The molecule has 33 heavy (non-hydrogen) atoms. The number of nitrogens with zero attached hydrogens (tertiary/aromatic N) is 4. The Hall–Kier alpha value is -2.15. The second kappa shape index (κ2) is 8.90. The van der Waals surface area contributed by atoms with Gasteiger partial charge < -0.3 is 23.8 Å². The fourth-order valence-corrected chi connectivity index (χ4v) is 4.55. The smallest absolute Gasteiger partial charge is 0.399 e. The van der Waals surface area contributed by atoms with Crippen molar-refractivity contribution in [1.82, 2.24) is 9.88 Å². The molecule has 0 N–H and O–H groups in total. The van der Waals surface area contributed by atoms with Gasteiger partial charge in [0.2, 0.25) is 5.91 Å². The van der Waals surface area contributed by atoms with E-state index in [1.165, 1.54) is 0 Å². The second-order valence-electron chi connectivity index (χ2n) is 10.4. The van der Waals surface area contributed by atoms with E-state index in [9.17, 15) is 10.1 Å². The molecule has 9 heteroatoms. The van der Waals surface area contributed by atoms with Crippen LogP contribution in [0, 0.1) is 11.3 Å². The largest absolute Gasteiger partial charge is 0.496 e. The fourth-order valence-electron chi connectivity index (χ4n) is 4.55. The Kier molecular flexibility index (Phi) is 6.47. The molecule has 3 heterocycles. The highest BCUT2D eigenvalue weighted by molar-refractivity contribution is 6.62. The van der Waals surface area contributed by atoms with Crippen molar-refractivity contribution < 1.29 is 18.8 Å². The molecule has 178 valence electrons. The van der Waals surface area contributed by atoms with Gasteiger partial charge in [-0.3, -0.25) is 4.79 Å². The molecule has 0 radical (unpaired) electrons. The van der Waals surface area contributed by atoms with Crippen molar-refractivity contribution in [3.05, 3.63) is 17.3 Å². The van der Waals surface area contributed by atoms with Crippen LogP contribution in [0.3, 0.4) is 0 Å². The van der Waals surface area contributed by atoms with Crippen LogP contribution in [0.5, 0.6) is 0 Å². The molecule has 0 unspecified atom stereocenters. The molecule has 3 aliphatic rings. The summed E-state index contributed by atoms with van der Waals surface area (Å²) in [6.45, 7) is 12.5. The molecule has 1 saturated carbocycles. The van der Waals surface area contributed by atoms with Gasteiger partial charge in [0.15, 0.2) is 0 Å². The van der Waals surface area contributed by atoms with Crippen LogP contribution in [0.1, 0.15) is 71.1 Å². The average Bonchev–Trinajstić information content (AvgIpc) is 3.57. The monoisotopic (exact) mass is 454 g/mol. The fraction of sp³-hybridized carbons (Fsp3) is 0.708. The number of piperazine rings is 1. The first-order valence-electron chi connectivity index (χ1n) is 11.9. The summed E-state index contributed by atoms with van der Waals surface area (Å²) in [7, 11) is 1.07. The van der Waals surface area contributed by atoms with Crippen LogP contribution >= 0.6 is 0 Å². The molecule has 1 aliphatic carbocycles. The van der Waals surface area contributed by atoms with Gasteiger partial charge in [-0.05, 0) is 53.5 Å². The van der Waals surface area contributed by atoms with Crippen LogP contribution in [0.15, 0.2) is 6.07 Å². The third-order valence-electron chi connectivity index (χ3n) is 7.42. The lowest BCUT2D eigenvalue weighted by Crippen LogP contribution is -2.54. The van der Waals surface area contributed by atoms with Crippen molar-refractivity contribution in [3.63, 3.8) is 0 Å². The SMILES string of the molecule is COCCC(=O)N1CCN(c2nc(C3CC3)c(B3OC(C)(C)C(C)(C)O3)cc2C#N)C[C@H]1C. The number of hydrogen-bond donors (Lipinski definition) is 0. The standard InChI is InChI=1S/C24H35BN4O4/c1-16-15-28(10-11-29(16)20(30)9-12-31-6)22-18(14-26)13-19(21(27-22)17-7-8-17)25-32-23(2,3)24(4,5)33-25/h13,16-17H,7-12,15H2,1-6H3/t16-/m1/s1. The zero-order valence-electron chi connectivity index (χ0n) is 20.7. The summed E-state index contributed by atoms with van der Waals surface area (Å²) in [6.07, 6.45) is 2.56. The molecule has 0 spiro atoms. The molecule has 0 bridgehead atoms. The Morgan fingerprint density at radius 1 is 1.27 bits per heavy atom. The van der Waals surface area contributed by atoms with Gasteiger partial charge in [0.25, 0.3) is 0 Å². The predicted molar refractivity (Wildman–Crippen MR) is 127 cm³/mol. The molecular formula is C24H35BN4O4. The van der Waals surface area contributed by atoms with E-state index in [4.69, 9.17) is 19.0 Å². The Balaban J connectivity index is 1.60. The Bertz CT molecular complexity index is 941. The van der Waals surface area contributed by atoms with Gasteiger partial charge in [-0.2, -0.15) is 5.26 Å². The zero-order valence-corrected chi connectivity index (χ0v) is 20.7. The molecule has 8 nitrogen and oxygen atoms in total. The Morgan fingerprint density at radius 2 is 1.94 bits per heavy atom. The summed E-state index contributed by atoms with van der Waals surface area (Å²) in [5, 5.41) is 9.99. The number of hydrogen-bond acceptors (Lipinski definition) is 7. The average molecular weight is 454 g/mol. The number of nitriles is 1. The van der Waals surface area contributed by atoms with Gasteiger partial charge in [-0.25, -0.2) is 4.98 Å². The first-order valence-corrected chi connectivity index (χ1v) is 11.9. The summed E-state index contributed by atoms with van der Waals surface area (Å²) in [5.74, 6) is 1.18. The van der Waals surface area contributed by atoms with Crippen molar-refractivity contribution in [2.45, 2.75) is 77.0 Å². The second-order valence-corrected chi connectivity index (χ2v) is 10.4. The molecule has 2 saturated heterocycles. The minimum Gasteiger partial charge on any atom is -0.399 e. The number of ether oxygens (including phenoxy) is 1. The highest BCUT2D eigenvalue weighted by atomic mass is 16.7. The molecule has 3 fully saturated rings. The maximum atomic E-state index is 12.5. The van der Waals surface area contributed by atoms with Gasteiger partial charge in [-0.15, -0.1) is 0 Å². The summed E-state index contributed by atoms with van der Waals surface area (Å²) < 4.78 is 17.7. The van der Waals surface area contributed by atoms with Gasteiger partial charge in [-0.1, -0.05) is 0 Å². The van der Waals surface area contributed by atoms with Crippen molar-refractivity contribution in [2.75, 3.05) is 38.3 Å². The van der Waals surface area contributed by atoms with E-state index < -0.39 is 18.3 Å². The Labute approximate surface area is 197 Å². The van der Waals surface area contributed by atoms with Gasteiger partial charge in [0.05, 0.1) is 29.8 Å². The van der Waals surface area contributed by atoms with Crippen molar-refractivity contribution >= 4 is 24.3 Å². The van der Waals surface area contributed by atoms with E-state index >= 15 is 0 Å². The molecule has 4 rings (SSSR count). The normalized spacial score (nSPS) is 24.2. The van der Waals surface area contributed by atoms with Crippen LogP contribution < -0.4 is 10.4 Å². The maximum absolute atomic E-state index is 12.5. The van der Waals surface area contributed by atoms with E-state index in [0.29, 0.717) is 50.0 Å². The minimum absolute atomic E-state index is 0.0311. The molecule has 1 amide bonds. The lowest BCUT2D eigenvalue weighted by molar-refractivity contribution is -0.134. The topological polar surface area (TPSA) is 87.9 Å². The highest BCUT2D eigenvalue weighted by Crippen LogP contribution is 2.42. The third kappa shape index (κ3) is 4.61. The van der Waals surface area contributed by atoms with Crippen LogP contribution in [0.25, 0.3) is 0 Å². The lowest BCUT2D eigenvalue weighted by Gasteiger charge is -2.41. The molecule has 0 aromatic carbocycles. The summed E-state index contributed by atoms with van der Waals surface area (Å²) in [6, 6.07) is 4.30. The first-order chi connectivity index (χ1) is 15.6. The number of carbonyl (C=O) groups excluding carboxylic acids is 1. The number of carbonyl (C=O) groups is 1. The predicted octanol–water partition coefficient (Wildman–Crippen LogP) is 2.20. The number of aromatic nitrogens is 1. The van der Waals surface area contributed by atoms with Crippen LogP contribution in [-0.4, -0.2) is 73.5 Å². The van der Waals surface area contributed by atoms with Gasteiger partial charge in [0.1, 0.15) is 11.9 Å². The third-order valence-corrected chi connectivity index (χ3v) is 7.42.